The van der Waals surface area contributed by atoms with E-state index in [1.54, 1.807) is 25.1 Å². The molecule has 0 amide bonds. The van der Waals surface area contributed by atoms with Crippen molar-refractivity contribution in [1.82, 2.24) is 0 Å². The van der Waals surface area contributed by atoms with Gasteiger partial charge < -0.3 is 18.9 Å². The molecule has 0 aromatic heterocycles. The zero-order valence-electron chi connectivity index (χ0n) is 16.6. The predicted octanol–water partition coefficient (Wildman–Crippen LogP) is 4.74. The molecule has 0 spiro atoms. The first-order valence-corrected chi connectivity index (χ1v) is 9.63. The highest BCUT2D eigenvalue weighted by molar-refractivity contribution is 5.30. The number of aryl methyl sites for hydroxylation is 1. The van der Waals surface area contributed by atoms with E-state index in [0.717, 1.165) is 5.56 Å². The number of methoxy groups -OCH3 is 1. The standard InChI is InChI=1S/C22H25F3O4/c1-3-27-11-15-6-7-17(22(25)21(15)24)16-12-28-20(29-13-16)9-5-14-4-8-19(26-2)18(23)10-14/h4,6-8,10,16,20H,3,5,9,11-13H2,1-2H3. The number of halogens is 3. The van der Waals surface area contributed by atoms with Gasteiger partial charge in [-0.05, 0) is 36.6 Å². The Morgan fingerprint density at radius 1 is 1.03 bits per heavy atom. The lowest BCUT2D eigenvalue weighted by molar-refractivity contribution is -0.189. The number of rotatable bonds is 8. The van der Waals surface area contributed by atoms with E-state index in [-0.39, 0.29) is 42.6 Å². The van der Waals surface area contributed by atoms with Gasteiger partial charge in [0, 0.05) is 24.5 Å². The van der Waals surface area contributed by atoms with Crippen molar-refractivity contribution in [3.8, 4) is 5.75 Å². The molecule has 1 fully saturated rings. The molecule has 1 aliphatic heterocycles. The van der Waals surface area contributed by atoms with E-state index in [2.05, 4.69) is 0 Å². The first-order chi connectivity index (χ1) is 14.0. The summed E-state index contributed by atoms with van der Waals surface area (Å²) in [6.45, 7) is 2.70. The van der Waals surface area contributed by atoms with Crippen molar-refractivity contribution >= 4 is 0 Å². The maximum atomic E-state index is 14.5. The summed E-state index contributed by atoms with van der Waals surface area (Å²) in [7, 11) is 1.42. The van der Waals surface area contributed by atoms with Crippen LogP contribution in [0.2, 0.25) is 0 Å². The third-order valence-corrected chi connectivity index (χ3v) is 4.95. The monoisotopic (exact) mass is 410 g/mol. The minimum Gasteiger partial charge on any atom is -0.494 e. The summed E-state index contributed by atoms with van der Waals surface area (Å²) in [6, 6.07) is 7.89. The number of hydrogen-bond acceptors (Lipinski definition) is 4. The third kappa shape index (κ3) is 5.29. The highest BCUT2D eigenvalue weighted by Gasteiger charge is 2.27. The van der Waals surface area contributed by atoms with Gasteiger partial charge in [0.05, 0.1) is 26.9 Å². The number of benzene rings is 2. The molecule has 0 saturated carbocycles. The zero-order valence-corrected chi connectivity index (χ0v) is 16.6. The van der Waals surface area contributed by atoms with Crippen molar-refractivity contribution in [1.29, 1.82) is 0 Å². The average molecular weight is 410 g/mol. The molecule has 158 valence electrons. The quantitative estimate of drug-likeness (QED) is 0.630. The van der Waals surface area contributed by atoms with Gasteiger partial charge in [-0.2, -0.15) is 0 Å². The van der Waals surface area contributed by atoms with Crippen LogP contribution in [0.3, 0.4) is 0 Å². The summed E-state index contributed by atoms with van der Waals surface area (Å²) in [4.78, 5) is 0. The minimum absolute atomic E-state index is 0.0330. The Labute approximate surface area is 168 Å². The fourth-order valence-corrected chi connectivity index (χ4v) is 3.28. The lowest BCUT2D eigenvalue weighted by atomic mass is 9.97. The molecule has 0 unspecified atom stereocenters. The van der Waals surface area contributed by atoms with Crippen LogP contribution in [-0.2, 0) is 27.2 Å². The lowest BCUT2D eigenvalue weighted by Gasteiger charge is -2.30. The van der Waals surface area contributed by atoms with Crippen LogP contribution in [0.5, 0.6) is 5.75 Å². The van der Waals surface area contributed by atoms with Crippen molar-refractivity contribution in [3.05, 3.63) is 64.5 Å². The molecule has 2 aromatic carbocycles. The Balaban J connectivity index is 1.54. The van der Waals surface area contributed by atoms with Gasteiger partial charge in [0.15, 0.2) is 29.5 Å². The van der Waals surface area contributed by atoms with E-state index in [1.165, 1.54) is 19.2 Å². The van der Waals surface area contributed by atoms with Crippen LogP contribution in [-0.4, -0.2) is 33.2 Å². The molecule has 0 bridgehead atoms. The van der Waals surface area contributed by atoms with Crippen LogP contribution in [0.4, 0.5) is 13.2 Å². The molecule has 3 rings (SSSR count). The second-order valence-corrected chi connectivity index (χ2v) is 6.88. The molecular formula is C22H25F3O4. The molecule has 29 heavy (non-hydrogen) atoms. The summed E-state index contributed by atoms with van der Waals surface area (Å²) < 4.78 is 63.9. The van der Waals surface area contributed by atoms with Crippen LogP contribution in [0.1, 0.15) is 36.0 Å². The molecule has 1 aliphatic rings. The summed E-state index contributed by atoms with van der Waals surface area (Å²) >= 11 is 0. The van der Waals surface area contributed by atoms with Gasteiger partial charge in [-0.25, -0.2) is 13.2 Å². The maximum Gasteiger partial charge on any atom is 0.165 e. The van der Waals surface area contributed by atoms with E-state index in [1.807, 2.05) is 0 Å². The van der Waals surface area contributed by atoms with Crippen molar-refractivity contribution < 1.29 is 32.1 Å². The van der Waals surface area contributed by atoms with E-state index < -0.39 is 23.7 Å². The molecule has 1 heterocycles. The number of hydrogen-bond donors (Lipinski definition) is 0. The van der Waals surface area contributed by atoms with Gasteiger partial charge in [0.1, 0.15) is 0 Å². The minimum atomic E-state index is -0.889. The SMILES string of the molecule is CCOCc1ccc(C2COC(CCc3ccc(OC)c(F)c3)OC2)c(F)c1F. The van der Waals surface area contributed by atoms with Gasteiger partial charge in [0.25, 0.3) is 0 Å². The Morgan fingerprint density at radius 3 is 2.45 bits per heavy atom. The van der Waals surface area contributed by atoms with Gasteiger partial charge in [-0.15, -0.1) is 0 Å². The molecule has 0 N–H and O–H groups in total. The maximum absolute atomic E-state index is 14.5. The summed E-state index contributed by atoms with van der Waals surface area (Å²) in [5.41, 5.74) is 1.23. The summed E-state index contributed by atoms with van der Waals surface area (Å²) in [5.74, 6) is -2.38. The zero-order chi connectivity index (χ0) is 20.8. The molecule has 0 aliphatic carbocycles. The fraction of sp³-hybridized carbons (Fsp3) is 0.455. The highest BCUT2D eigenvalue weighted by atomic mass is 19.2. The van der Waals surface area contributed by atoms with Crippen molar-refractivity contribution in [3.63, 3.8) is 0 Å². The van der Waals surface area contributed by atoms with Crippen molar-refractivity contribution in [2.45, 2.75) is 38.6 Å². The predicted molar refractivity (Wildman–Crippen MR) is 101 cm³/mol. The summed E-state index contributed by atoms with van der Waals surface area (Å²) in [6.07, 6.45) is 0.620. The second kappa shape index (κ2) is 10.1. The van der Waals surface area contributed by atoms with Crippen LogP contribution in [0.25, 0.3) is 0 Å². The molecule has 0 radical (unpaired) electrons. The van der Waals surface area contributed by atoms with Crippen LogP contribution in [0.15, 0.2) is 30.3 Å². The summed E-state index contributed by atoms with van der Waals surface area (Å²) in [5, 5.41) is 0. The van der Waals surface area contributed by atoms with Crippen LogP contribution >= 0.6 is 0 Å². The molecule has 0 atom stereocenters. The smallest absolute Gasteiger partial charge is 0.165 e. The highest BCUT2D eigenvalue weighted by Crippen LogP contribution is 2.29. The largest absolute Gasteiger partial charge is 0.494 e. The van der Waals surface area contributed by atoms with Gasteiger partial charge in [0.2, 0.25) is 0 Å². The topological polar surface area (TPSA) is 36.9 Å². The molecule has 1 saturated heterocycles. The Morgan fingerprint density at radius 2 is 1.79 bits per heavy atom. The molecular weight excluding hydrogens is 385 g/mol. The van der Waals surface area contributed by atoms with Crippen LogP contribution < -0.4 is 4.74 Å². The van der Waals surface area contributed by atoms with Gasteiger partial charge in [-0.3, -0.25) is 0 Å². The molecule has 2 aromatic rings. The van der Waals surface area contributed by atoms with E-state index in [0.29, 0.717) is 19.4 Å². The van der Waals surface area contributed by atoms with Crippen molar-refractivity contribution in [2.24, 2.45) is 0 Å². The first-order valence-electron chi connectivity index (χ1n) is 9.63. The second-order valence-electron chi connectivity index (χ2n) is 6.88. The van der Waals surface area contributed by atoms with E-state index in [4.69, 9.17) is 18.9 Å². The van der Waals surface area contributed by atoms with Crippen LogP contribution in [0, 0.1) is 17.5 Å². The average Bonchev–Trinajstić information content (AvgIpc) is 2.74. The first kappa shape index (κ1) is 21.6. The molecule has 7 heteroatoms. The lowest BCUT2D eigenvalue weighted by Crippen LogP contribution is -2.31. The third-order valence-electron chi connectivity index (χ3n) is 4.95. The Kier molecular flexibility index (Phi) is 7.52. The van der Waals surface area contributed by atoms with E-state index in [9.17, 15) is 13.2 Å². The Hall–Kier alpha value is -2.09. The Bertz CT molecular complexity index is 820. The fourth-order valence-electron chi connectivity index (χ4n) is 3.28. The van der Waals surface area contributed by atoms with Crippen molar-refractivity contribution in [2.75, 3.05) is 26.9 Å². The van der Waals surface area contributed by atoms with E-state index >= 15 is 0 Å². The van der Waals surface area contributed by atoms with Gasteiger partial charge >= 0.3 is 0 Å². The molecule has 4 nitrogen and oxygen atoms in total. The normalized spacial score (nSPS) is 19.3. The number of ether oxygens (including phenoxy) is 4. The van der Waals surface area contributed by atoms with Gasteiger partial charge in [-0.1, -0.05) is 18.2 Å².